The van der Waals surface area contributed by atoms with E-state index in [1.807, 2.05) is 32.0 Å². The van der Waals surface area contributed by atoms with Gasteiger partial charge in [0, 0.05) is 11.3 Å². The fourth-order valence-corrected chi connectivity index (χ4v) is 2.81. The van der Waals surface area contributed by atoms with Gasteiger partial charge in [0.25, 0.3) is 5.91 Å². The molecule has 0 aliphatic rings. The molecule has 3 heteroatoms. The first kappa shape index (κ1) is 18.2. The molecule has 0 spiro atoms. The summed E-state index contributed by atoms with van der Waals surface area (Å²) in [5.41, 5.74) is 5.73. The monoisotopic (exact) mass is 325 g/mol. The summed E-state index contributed by atoms with van der Waals surface area (Å²) in [5, 5.41) is 5.12. The summed E-state index contributed by atoms with van der Waals surface area (Å²) >= 11 is 0. The van der Waals surface area contributed by atoms with E-state index in [1.165, 1.54) is 11.1 Å². The van der Waals surface area contributed by atoms with Gasteiger partial charge >= 0.3 is 0 Å². The van der Waals surface area contributed by atoms with Crippen LogP contribution in [0.2, 0.25) is 0 Å². The van der Waals surface area contributed by atoms with Crippen LogP contribution in [0.5, 0.6) is 0 Å². The zero-order valence-corrected chi connectivity index (χ0v) is 15.4. The highest BCUT2D eigenvalue weighted by Crippen LogP contribution is 2.19. The minimum absolute atomic E-state index is 0.0399. The van der Waals surface area contributed by atoms with E-state index >= 15 is 0 Å². The van der Waals surface area contributed by atoms with Gasteiger partial charge in [0.1, 0.15) is 6.04 Å². The predicted molar refractivity (Wildman–Crippen MR) is 100 cm³/mol. The molecule has 0 aliphatic heterocycles. The molecule has 3 nitrogen and oxygen atoms in total. The number of para-hydroxylation sites is 1. The molecule has 0 aromatic heterocycles. The quantitative estimate of drug-likeness (QED) is 0.836. The van der Waals surface area contributed by atoms with Crippen LogP contribution < -0.4 is 10.6 Å². The highest BCUT2D eigenvalue weighted by atomic mass is 16.1. The third-order valence-corrected chi connectivity index (χ3v) is 4.53. The van der Waals surface area contributed by atoms with E-state index in [-0.39, 0.29) is 11.9 Å². The van der Waals surface area contributed by atoms with Crippen molar-refractivity contribution in [3.05, 3.63) is 64.7 Å². The number of carbonyl (C=O) groups is 1. The van der Waals surface area contributed by atoms with E-state index in [4.69, 9.17) is 0 Å². The second-order valence-corrected chi connectivity index (χ2v) is 6.86. The number of rotatable bonds is 6. The summed E-state index contributed by atoms with van der Waals surface area (Å²) in [4.78, 5) is 12.3. The van der Waals surface area contributed by atoms with Gasteiger partial charge in [-0.3, -0.25) is 4.79 Å². The number of amides is 1. The van der Waals surface area contributed by atoms with E-state index in [9.17, 15) is 4.79 Å². The Morgan fingerprint density at radius 3 is 2.04 bits per heavy atom. The summed E-state index contributed by atoms with van der Waals surface area (Å²) in [7, 11) is 0. The van der Waals surface area contributed by atoms with Gasteiger partial charge in [-0.05, 0) is 43.4 Å². The third-order valence-electron chi connectivity index (χ3n) is 4.53. The molecular formula is C21H29N2O+. The van der Waals surface area contributed by atoms with Crippen LogP contribution >= 0.6 is 0 Å². The second-order valence-electron chi connectivity index (χ2n) is 6.86. The number of nitrogens with two attached hydrogens (primary N) is 1. The minimum atomic E-state index is 0.0399. The first-order chi connectivity index (χ1) is 11.4. The maximum absolute atomic E-state index is 12.3. The SMILES string of the molecule is Cc1cccc(C)c1NC(=O)C[NH2+][C@H](C)c1ccc(C(C)C)cc1. The summed E-state index contributed by atoms with van der Waals surface area (Å²) in [5.74, 6) is 0.583. The van der Waals surface area contributed by atoms with Gasteiger partial charge in [-0.2, -0.15) is 0 Å². The molecule has 2 rings (SSSR count). The van der Waals surface area contributed by atoms with E-state index in [1.54, 1.807) is 0 Å². The molecule has 0 aliphatic carbocycles. The Balaban J connectivity index is 1.91. The minimum Gasteiger partial charge on any atom is -0.333 e. The maximum atomic E-state index is 12.3. The Morgan fingerprint density at radius 2 is 1.50 bits per heavy atom. The van der Waals surface area contributed by atoms with Crippen LogP contribution in [0.1, 0.15) is 55.0 Å². The normalized spacial score (nSPS) is 12.2. The predicted octanol–water partition coefficient (Wildman–Crippen LogP) is 3.69. The van der Waals surface area contributed by atoms with Crippen LogP contribution in [-0.2, 0) is 4.79 Å². The van der Waals surface area contributed by atoms with Gasteiger partial charge in [0.15, 0.2) is 6.54 Å². The zero-order valence-electron chi connectivity index (χ0n) is 15.4. The van der Waals surface area contributed by atoms with Crippen molar-refractivity contribution in [1.29, 1.82) is 0 Å². The van der Waals surface area contributed by atoms with Crippen LogP contribution in [0.15, 0.2) is 42.5 Å². The number of benzene rings is 2. The van der Waals surface area contributed by atoms with Gasteiger partial charge in [-0.15, -0.1) is 0 Å². The lowest BCUT2D eigenvalue weighted by molar-refractivity contribution is -0.682. The number of aryl methyl sites for hydroxylation is 2. The van der Waals surface area contributed by atoms with E-state index < -0.39 is 0 Å². The van der Waals surface area contributed by atoms with Crippen molar-refractivity contribution in [2.75, 3.05) is 11.9 Å². The lowest BCUT2D eigenvalue weighted by Crippen LogP contribution is -2.86. The average Bonchev–Trinajstić information content (AvgIpc) is 2.56. The zero-order chi connectivity index (χ0) is 17.7. The van der Waals surface area contributed by atoms with E-state index in [0.717, 1.165) is 16.8 Å². The Morgan fingerprint density at radius 1 is 0.958 bits per heavy atom. The van der Waals surface area contributed by atoms with Crippen molar-refractivity contribution in [3.63, 3.8) is 0 Å². The van der Waals surface area contributed by atoms with Crippen LogP contribution in [-0.4, -0.2) is 12.5 Å². The molecule has 0 fully saturated rings. The van der Waals surface area contributed by atoms with Crippen molar-refractivity contribution < 1.29 is 10.1 Å². The van der Waals surface area contributed by atoms with Crippen LogP contribution in [0.4, 0.5) is 5.69 Å². The van der Waals surface area contributed by atoms with Gasteiger partial charge in [0.2, 0.25) is 0 Å². The van der Waals surface area contributed by atoms with E-state index in [2.05, 4.69) is 55.7 Å². The number of carbonyl (C=O) groups excluding carboxylic acids is 1. The molecule has 2 aromatic rings. The maximum Gasteiger partial charge on any atom is 0.279 e. The smallest absolute Gasteiger partial charge is 0.279 e. The fraction of sp³-hybridized carbons (Fsp3) is 0.381. The lowest BCUT2D eigenvalue weighted by Gasteiger charge is -2.14. The van der Waals surface area contributed by atoms with Crippen molar-refractivity contribution in [2.45, 2.75) is 46.6 Å². The highest BCUT2D eigenvalue weighted by molar-refractivity contribution is 5.92. The van der Waals surface area contributed by atoms with Gasteiger partial charge < -0.3 is 10.6 Å². The molecule has 0 saturated carbocycles. The molecule has 1 amide bonds. The molecule has 2 aromatic carbocycles. The second kappa shape index (κ2) is 8.11. The summed E-state index contributed by atoms with van der Waals surface area (Å²) < 4.78 is 0. The van der Waals surface area contributed by atoms with Crippen molar-refractivity contribution in [2.24, 2.45) is 0 Å². The van der Waals surface area contributed by atoms with Gasteiger partial charge in [-0.25, -0.2) is 0 Å². The number of quaternary nitrogens is 1. The molecular weight excluding hydrogens is 296 g/mol. The first-order valence-electron chi connectivity index (χ1n) is 8.67. The standard InChI is InChI=1S/C21H28N2O/c1-14(2)18-9-11-19(12-10-18)17(5)22-13-20(24)23-21-15(3)7-6-8-16(21)4/h6-12,14,17,22H,13H2,1-5H3,(H,23,24)/p+1/t17-/m1/s1. The molecule has 0 heterocycles. The van der Waals surface area contributed by atoms with Gasteiger partial charge in [-0.1, -0.05) is 56.3 Å². The molecule has 128 valence electrons. The molecule has 0 saturated heterocycles. The number of anilines is 1. The van der Waals surface area contributed by atoms with Crippen LogP contribution in [0.25, 0.3) is 0 Å². The number of hydrogen-bond donors (Lipinski definition) is 2. The number of hydrogen-bond acceptors (Lipinski definition) is 1. The van der Waals surface area contributed by atoms with Crippen LogP contribution in [0.3, 0.4) is 0 Å². The van der Waals surface area contributed by atoms with Gasteiger partial charge in [0.05, 0.1) is 0 Å². The summed E-state index contributed by atoms with van der Waals surface area (Å²) in [6, 6.07) is 15.0. The topological polar surface area (TPSA) is 45.7 Å². The number of nitrogens with one attached hydrogen (secondary N) is 1. The highest BCUT2D eigenvalue weighted by Gasteiger charge is 2.13. The average molecular weight is 325 g/mol. The fourth-order valence-electron chi connectivity index (χ4n) is 2.81. The molecule has 0 unspecified atom stereocenters. The Bertz CT molecular complexity index is 669. The first-order valence-corrected chi connectivity index (χ1v) is 8.67. The molecule has 0 bridgehead atoms. The van der Waals surface area contributed by atoms with Crippen molar-refractivity contribution in [1.82, 2.24) is 0 Å². The molecule has 0 radical (unpaired) electrons. The molecule has 1 atom stereocenters. The Labute approximate surface area is 145 Å². The lowest BCUT2D eigenvalue weighted by atomic mass is 9.99. The van der Waals surface area contributed by atoms with E-state index in [0.29, 0.717) is 12.5 Å². The Hall–Kier alpha value is -2.13. The van der Waals surface area contributed by atoms with Crippen molar-refractivity contribution >= 4 is 11.6 Å². The van der Waals surface area contributed by atoms with Crippen LogP contribution in [0, 0.1) is 13.8 Å². The largest absolute Gasteiger partial charge is 0.333 e. The Kier molecular flexibility index (Phi) is 6.16. The summed E-state index contributed by atoms with van der Waals surface area (Å²) in [6.45, 7) is 11.0. The third kappa shape index (κ3) is 4.68. The summed E-state index contributed by atoms with van der Waals surface area (Å²) in [6.07, 6.45) is 0. The van der Waals surface area contributed by atoms with Crippen molar-refractivity contribution in [3.8, 4) is 0 Å². The molecule has 24 heavy (non-hydrogen) atoms. The molecule has 3 N–H and O–H groups in total.